The van der Waals surface area contributed by atoms with Crippen LogP contribution in [0.4, 0.5) is 0 Å². The number of carbonyl (C=O) groups excluding carboxylic acids is 2. The van der Waals surface area contributed by atoms with E-state index in [4.69, 9.17) is 27.9 Å². The molecule has 9 heteroatoms. The first-order valence-corrected chi connectivity index (χ1v) is 11.3. The number of Topliss-reactive ketones (excluding diaryl/α,β-unsaturated/α-hetero) is 1. The molecule has 168 valence electrons. The minimum atomic E-state index is -0.655. The molecule has 1 saturated heterocycles. The first-order chi connectivity index (χ1) is 15.8. The SMILES string of the molecule is O=C1CC2(CCN(C(=O)c3cnc(-c4ccc(Cl)cc4)[nH]c3=O)CC2)Oc2ccc(Cl)cc21. The lowest BCUT2D eigenvalue weighted by molar-refractivity contribution is -0.00575. The van der Waals surface area contributed by atoms with Gasteiger partial charge < -0.3 is 14.6 Å². The maximum Gasteiger partial charge on any atom is 0.264 e. The lowest BCUT2D eigenvalue weighted by Crippen LogP contribution is -2.52. The van der Waals surface area contributed by atoms with Crippen molar-refractivity contribution in [2.75, 3.05) is 13.1 Å². The van der Waals surface area contributed by atoms with Crippen molar-refractivity contribution in [1.82, 2.24) is 14.9 Å². The number of H-pyrrole nitrogens is 1. The van der Waals surface area contributed by atoms with Crippen LogP contribution in [-0.2, 0) is 0 Å². The molecule has 2 aliphatic rings. The van der Waals surface area contributed by atoms with Crippen molar-refractivity contribution < 1.29 is 14.3 Å². The normalized spacial score (nSPS) is 16.9. The van der Waals surface area contributed by atoms with Gasteiger partial charge in [0.2, 0.25) is 0 Å². The lowest BCUT2D eigenvalue weighted by Gasteiger charge is -2.43. The zero-order valence-electron chi connectivity index (χ0n) is 17.4. The van der Waals surface area contributed by atoms with Gasteiger partial charge in [-0.1, -0.05) is 23.2 Å². The largest absolute Gasteiger partial charge is 0.486 e. The molecular weight excluding hydrogens is 465 g/mol. The summed E-state index contributed by atoms with van der Waals surface area (Å²) in [6.07, 6.45) is 2.51. The molecule has 7 nitrogen and oxygen atoms in total. The number of aromatic nitrogens is 2. The van der Waals surface area contributed by atoms with E-state index in [2.05, 4.69) is 9.97 Å². The summed E-state index contributed by atoms with van der Waals surface area (Å²) in [6.45, 7) is 0.737. The summed E-state index contributed by atoms with van der Waals surface area (Å²) in [7, 11) is 0. The standard InChI is InChI=1S/C24H19Cl2N3O4/c25-15-3-1-14(2-4-15)21-27-13-18(22(31)28-21)23(32)29-9-7-24(8-10-29)12-19(30)17-11-16(26)5-6-20(17)33-24/h1-6,11,13H,7-10,12H2,(H,27,28,31). The minimum absolute atomic E-state index is 0.0167. The van der Waals surface area contributed by atoms with Gasteiger partial charge in [-0.05, 0) is 42.5 Å². The molecule has 33 heavy (non-hydrogen) atoms. The fourth-order valence-electron chi connectivity index (χ4n) is 4.33. The van der Waals surface area contributed by atoms with Crippen LogP contribution in [-0.4, -0.2) is 45.2 Å². The van der Waals surface area contributed by atoms with Gasteiger partial charge in [0.1, 0.15) is 22.7 Å². The molecule has 1 amide bonds. The predicted octanol–water partition coefficient (Wildman–Crippen LogP) is 4.38. The second-order valence-electron chi connectivity index (χ2n) is 8.30. The zero-order valence-corrected chi connectivity index (χ0v) is 18.9. The Bertz CT molecular complexity index is 1310. The number of halogens is 2. The summed E-state index contributed by atoms with van der Waals surface area (Å²) in [5.41, 5.74) is -0.00168. The van der Waals surface area contributed by atoms with Crippen LogP contribution in [0, 0.1) is 0 Å². The molecule has 3 heterocycles. The molecule has 2 aromatic carbocycles. The van der Waals surface area contributed by atoms with Gasteiger partial charge in [0.15, 0.2) is 5.78 Å². The third-order valence-electron chi connectivity index (χ3n) is 6.16. The average Bonchev–Trinajstić information content (AvgIpc) is 2.80. The van der Waals surface area contributed by atoms with E-state index in [0.717, 1.165) is 0 Å². The quantitative estimate of drug-likeness (QED) is 0.583. The molecule has 0 saturated carbocycles. The molecule has 0 radical (unpaired) electrons. The number of nitrogens with zero attached hydrogens (tertiary/aromatic N) is 2. The predicted molar refractivity (Wildman–Crippen MR) is 124 cm³/mol. The first kappa shape index (κ1) is 21.7. The Morgan fingerprint density at radius 2 is 1.73 bits per heavy atom. The molecule has 5 rings (SSSR count). The summed E-state index contributed by atoms with van der Waals surface area (Å²) in [6, 6.07) is 11.9. The Kier molecular flexibility index (Phi) is 5.46. The number of hydrogen-bond donors (Lipinski definition) is 1. The molecule has 0 atom stereocenters. The van der Waals surface area contributed by atoms with Crippen LogP contribution in [0.25, 0.3) is 11.4 Å². The van der Waals surface area contributed by atoms with E-state index < -0.39 is 17.1 Å². The van der Waals surface area contributed by atoms with Crippen LogP contribution in [0.2, 0.25) is 10.0 Å². The number of carbonyl (C=O) groups is 2. The molecule has 3 aromatic rings. The van der Waals surface area contributed by atoms with Gasteiger partial charge >= 0.3 is 0 Å². The summed E-state index contributed by atoms with van der Waals surface area (Å²) in [5, 5.41) is 1.06. The van der Waals surface area contributed by atoms with Gasteiger partial charge in [-0.15, -0.1) is 0 Å². The van der Waals surface area contributed by atoms with E-state index in [-0.39, 0.29) is 17.8 Å². The summed E-state index contributed by atoms with van der Waals surface area (Å²) < 4.78 is 6.21. The summed E-state index contributed by atoms with van der Waals surface area (Å²) in [4.78, 5) is 46.8. The fourth-order valence-corrected chi connectivity index (χ4v) is 4.63. The Balaban J connectivity index is 1.30. The van der Waals surface area contributed by atoms with Gasteiger partial charge in [0.05, 0.1) is 12.0 Å². The van der Waals surface area contributed by atoms with Gasteiger partial charge in [0, 0.05) is 47.7 Å². The highest BCUT2D eigenvalue weighted by molar-refractivity contribution is 6.31. The van der Waals surface area contributed by atoms with Crippen molar-refractivity contribution >= 4 is 34.9 Å². The number of piperidine rings is 1. The molecule has 1 spiro atoms. The van der Waals surface area contributed by atoms with E-state index in [1.165, 1.54) is 6.20 Å². The van der Waals surface area contributed by atoms with Gasteiger partial charge in [0.25, 0.3) is 11.5 Å². The number of fused-ring (bicyclic) bond motifs is 1. The Morgan fingerprint density at radius 3 is 2.42 bits per heavy atom. The lowest BCUT2D eigenvalue weighted by atomic mass is 9.82. The Morgan fingerprint density at radius 1 is 1.03 bits per heavy atom. The fraction of sp³-hybridized carbons (Fsp3) is 0.250. The van der Waals surface area contributed by atoms with Crippen LogP contribution in [0.3, 0.4) is 0 Å². The molecule has 1 fully saturated rings. The van der Waals surface area contributed by atoms with E-state index in [1.807, 2.05) is 0 Å². The number of ether oxygens (including phenoxy) is 1. The van der Waals surface area contributed by atoms with Crippen LogP contribution in [0.15, 0.2) is 53.5 Å². The maximum atomic E-state index is 13.0. The second kappa shape index (κ2) is 8.32. The highest BCUT2D eigenvalue weighted by Gasteiger charge is 2.44. The average molecular weight is 484 g/mol. The van der Waals surface area contributed by atoms with E-state index in [1.54, 1.807) is 47.4 Å². The maximum absolute atomic E-state index is 13.0. The highest BCUT2D eigenvalue weighted by atomic mass is 35.5. The van der Waals surface area contributed by atoms with Crippen LogP contribution in [0.1, 0.15) is 40.0 Å². The van der Waals surface area contributed by atoms with Gasteiger partial charge in [-0.3, -0.25) is 14.4 Å². The topological polar surface area (TPSA) is 92.4 Å². The van der Waals surface area contributed by atoms with Crippen molar-refractivity contribution in [2.24, 2.45) is 0 Å². The monoisotopic (exact) mass is 483 g/mol. The number of aromatic amines is 1. The van der Waals surface area contributed by atoms with Crippen molar-refractivity contribution in [2.45, 2.75) is 24.9 Å². The van der Waals surface area contributed by atoms with Crippen molar-refractivity contribution in [3.8, 4) is 17.1 Å². The Hall–Kier alpha value is -3.16. The summed E-state index contributed by atoms with van der Waals surface area (Å²) >= 11 is 11.9. The number of rotatable bonds is 2. The van der Waals surface area contributed by atoms with E-state index in [9.17, 15) is 14.4 Å². The van der Waals surface area contributed by atoms with E-state index in [0.29, 0.717) is 58.7 Å². The zero-order chi connectivity index (χ0) is 23.2. The third-order valence-corrected chi connectivity index (χ3v) is 6.65. The number of ketones is 1. The number of amides is 1. The first-order valence-electron chi connectivity index (χ1n) is 10.5. The van der Waals surface area contributed by atoms with Crippen LogP contribution >= 0.6 is 23.2 Å². The van der Waals surface area contributed by atoms with Crippen LogP contribution in [0.5, 0.6) is 5.75 Å². The van der Waals surface area contributed by atoms with E-state index >= 15 is 0 Å². The second-order valence-corrected chi connectivity index (χ2v) is 9.17. The number of benzene rings is 2. The molecule has 2 aliphatic heterocycles. The summed E-state index contributed by atoms with van der Waals surface area (Å²) in [5.74, 6) is 0.472. The molecular formula is C24H19Cl2N3O4. The molecule has 0 bridgehead atoms. The van der Waals surface area contributed by atoms with Crippen molar-refractivity contribution in [1.29, 1.82) is 0 Å². The Labute approximate surface area is 199 Å². The third kappa shape index (κ3) is 4.14. The number of nitrogens with one attached hydrogen (secondary N) is 1. The number of hydrogen-bond acceptors (Lipinski definition) is 5. The molecule has 0 aliphatic carbocycles. The molecule has 1 N–H and O–H groups in total. The van der Waals surface area contributed by atoms with Crippen molar-refractivity contribution in [3.63, 3.8) is 0 Å². The highest BCUT2D eigenvalue weighted by Crippen LogP contribution is 2.40. The molecule has 1 aromatic heterocycles. The minimum Gasteiger partial charge on any atom is -0.486 e. The smallest absolute Gasteiger partial charge is 0.264 e. The number of likely N-dealkylation sites (tertiary alicyclic amines) is 1. The van der Waals surface area contributed by atoms with Crippen LogP contribution < -0.4 is 10.3 Å². The van der Waals surface area contributed by atoms with Gasteiger partial charge in [-0.2, -0.15) is 0 Å². The van der Waals surface area contributed by atoms with Gasteiger partial charge in [-0.25, -0.2) is 4.98 Å². The molecule has 0 unspecified atom stereocenters. The van der Waals surface area contributed by atoms with Crippen molar-refractivity contribution in [3.05, 3.63) is 80.2 Å².